The summed E-state index contributed by atoms with van der Waals surface area (Å²) < 4.78 is 0. The molecule has 0 aromatic rings. The van der Waals surface area contributed by atoms with Crippen molar-refractivity contribution in [2.75, 3.05) is 13.1 Å². The van der Waals surface area contributed by atoms with Crippen LogP contribution in [0, 0.1) is 11.8 Å². The zero-order chi connectivity index (χ0) is 10.2. The van der Waals surface area contributed by atoms with Gasteiger partial charge in [0.15, 0.2) is 0 Å². The zero-order valence-electron chi connectivity index (χ0n) is 10.1. The maximum Gasteiger partial charge on any atom is 0.0186 e. The van der Waals surface area contributed by atoms with Crippen LogP contribution in [0.2, 0.25) is 0 Å². The van der Waals surface area contributed by atoms with Crippen LogP contribution >= 0.6 is 0 Å². The molecule has 0 N–H and O–H groups in total. The highest BCUT2D eigenvalue weighted by Crippen LogP contribution is 2.40. The second-order valence-electron chi connectivity index (χ2n) is 6.05. The van der Waals surface area contributed by atoms with Crippen LogP contribution in [0.15, 0.2) is 0 Å². The number of nitrogens with zero attached hydrogens (tertiary/aromatic N) is 1. The summed E-state index contributed by atoms with van der Waals surface area (Å²) in [6.45, 7) is 10.1. The minimum absolute atomic E-state index is 0.535. The van der Waals surface area contributed by atoms with Crippen molar-refractivity contribution in [1.82, 2.24) is 4.90 Å². The van der Waals surface area contributed by atoms with Crippen LogP contribution in [-0.2, 0) is 0 Å². The van der Waals surface area contributed by atoms with Gasteiger partial charge in [0, 0.05) is 5.54 Å². The lowest BCUT2D eigenvalue weighted by Crippen LogP contribution is -2.49. The van der Waals surface area contributed by atoms with E-state index < -0.39 is 0 Å². The molecule has 1 aliphatic heterocycles. The third-order valence-corrected chi connectivity index (χ3v) is 4.25. The molecule has 0 bridgehead atoms. The molecule has 1 aliphatic carbocycles. The molecule has 0 amide bonds. The molecule has 1 heterocycles. The van der Waals surface area contributed by atoms with Gasteiger partial charge in [-0.05, 0) is 64.0 Å². The largest absolute Gasteiger partial charge is 0.298 e. The average molecular weight is 195 g/mol. The first-order valence-electron chi connectivity index (χ1n) is 6.35. The van der Waals surface area contributed by atoms with Gasteiger partial charge in [0.1, 0.15) is 0 Å². The molecule has 1 saturated heterocycles. The van der Waals surface area contributed by atoms with Crippen LogP contribution in [0.1, 0.15) is 52.9 Å². The van der Waals surface area contributed by atoms with E-state index in [1.807, 2.05) is 0 Å². The maximum atomic E-state index is 2.76. The Morgan fingerprint density at radius 2 is 1.50 bits per heavy atom. The van der Waals surface area contributed by atoms with E-state index in [2.05, 4.69) is 25.7 Å². The van der Waals surface area contributed by atoms with Gasteiger partial charge in [-0.2, -0.15) is 0 Å². The van der Waals surface area contributed by atoms with Gasteiger partial charge in [-0.3, -0.25) is 4.90 Å². The van der Waals surface area contributed by atoms with Gasteiger partial charge in [0.25, 0.3) is 0 Å². The molecular formula is C13H25N. The Bertz CT molecular complexity index is 183. The van der Waals surface area contributed by atoms with Crippen molar-refractivity contribution in [3.05, 3.63) is 0 Å². The summed E-state index contributed by atoms with van der Waals surface area (Å²) in [6, 6.07) is 0. The molecule has 1 nitrogen and oxygen atoms in total. The Balaban J connectivity index is 2.05. The van der Waals surface area contributed by atoms with Crippen LogP contribution in [0.3, 0.4) is 0 Å². The highest BCUT2D eigenvalue weighted by atomic mass is 15.2. The first kappa shape index (κ1) is 10.5. The van der Waals surface area contributed by atoms with Crippen molar-refractivity contribution in [1.29, 1.82) is 0 Å². The maximum absolute atomic E-state index is 2.76. The van der Waals surface area contributed by atoms with Crippen molar-refractivity contribution in [3.8, 4) is 0 Å². The fourth-order valence-corrected chi connectivity index (χ4v) is 3.95. The fourth-order valence-electron chi connectivity index (χ4n) is 3.95. The summed E-state index contributed by atoms with van der Waals surface area (Å²) in [4.78, 5) is 2.76. The van der Waals surface area contributed by atoms with Crippen LogP contribution in [-0.4, -0.2) is 23.5 Å². The molecule has 2 rings (SSSR count). The summed E-state index contributed by atoms with van der Waals surface area (Å²) in [7, 11) is 0. The van der Waals surface area contributed by atoms with Gasteiger partial charge in [0.2, 0.25) is 0 Å². The highest BCUT2D eigenvalue weighted by Gasteiger charge is 2.39. The number of rotatable bonds is 1. The predicted molar refractivity (Wildman–Crippen MR) is 61.4 cm³/mol. The first-order valence-corrected chi connectivity index (χ1v) is 6.35. The first-order chi connectivity index (χ1) is 6.60. The van der Waals surface area contributed by atoms with Gasteiger partial charge in [-0.15, -0.1) is 0 Å². The molecule has 2 unspecified atom stereocenters. The lowest BCUT2D eigenvalue weighted by molar-refractivity contribution is 0.0457. The third-order valence-electron chi connectivity index (χ3n) is 4.25. The Morgan fingerprint density at radius 1 is 1.00 bits per heavy atom. The van der Waals surface area contributed by atoms with Gasteiger partial charge >= 0.3 is 0 Å². The van der Waals surface area contributed by atoms with Crippen molar-refractivity contribution in [3.63, 3.8) is 0 Å². The van der Waals surface area contributed by atoms with E-state index in [1.165, 1.54) is 45.2 Å². The standard InChI is InChI=1S/C13H25N/c1-11-8-12(2)10-13(3,9-11)14-6-4-5-7-14/h11-12H,4-10H2,1-3H3/t11-,12?,13?/m0/s1. The van der Waals surface area contributed by atoms with E-state index in [-0.39, 0.29) is 0 Å². The molecule has 0 aromatic carbocycles. The van der Waals surface area contributed by atoms with E-state index in [9.17, 15) is 0 Å². The quantitative estimate of drug-likeness (QED) is 0.620. The Labute approximate surface area is 88.9 Å². The smallest absolute Gasteiger partial charge is 0.0186 e. The summed E-state index contributed by atoms with van der Waals surface area (Å²) >= 11 is 0. The normalized spacial score (nSPS) is 45.6. The van der Waals surface area contributed by atoms with Crippen LogP contribution < -0.4 is 0 Å². The lowest BCUT2D eigenvalue weighted by atomic mass is 9.72. The van der Waals surface area contributed by atoms with E-state index in [1.54, 1.807) is 0 Å². The summed E-state index contributed by atoms with van der Waals surface area (Å²) in [5.74, 6) is 1.87. The van der Waals surface area contributed by atoms with Crippen molar-refractivity contribution in [2.24, 2.45) is 11.8 Å². The van der Waals surface area contributed by atoms with Gasteiger partial charge in [-0.25, -0.2) is 0 Å². The van der Waals surface area contributed by atoms with E-state index in [0.29, 0.717) is 5.54 Å². The van der Waals surface area contributed by atoms with E-state index in [0.717, 1.165) is 11.8 Å². The van der Waals surface area contributed by atoms with Crippen molar-refractivity contribution < 1.29 is 0 Å². The van der Waals surface area contributed by atoms with Crippen LogP contribution in [0.5, 0.6) is 0 Å². The zero-order valence-corrected chi connectivity index (χ0v) is 10.1. The molecule has 1 heteroatoms. The number of likely N-dealkylation sites (tertiary alicyclic amines) is 1. The van der Waals surface area contributed by atoms with Crippen LogP contribution in [0.25, 0.3) is 0 Å². The topological polar surface area (TPSA) is 3.24 Å². The summed E-state index contributed by atoms with van der Waals surface area (Å²) in [6.07, 6.45) is 7.16. The summed E-state index contributed by atoms with van der Waals surface area (Å²) in [5, 5.41) is 0. The number of hydrogen-bond acceptors (Lipinski definition) is 1. The lowest BCUT2D eigenvalue weighted by Gasteiger charge is -2.46. The SMILES string of the molecule is CC1C[C@H](C)CC(C)(N2CCCC2)C1. The Morgan fingerprint density at radius 3 is 2.00 bits per heavy atom. The second kappa shape index (κ2) is 3.84. The molecule has 0 spiro atoms. The van der Waals surface area contributed by atoms with Crippen molar-refractivity contribution >= 4 is 0 Å². The highest BCUT2D eigenvalue weighted by molar-refractivity contribution is 4.94. The Hall–Kier alpha value is -0.0400. The molecule has 14 heavy (non-hydrogen) atoms. The monoisotopic (exact) mass is 195 g/mol. The second-order valence-corrected chi connectivity index (χ2v) is 6.05. The molecule has 1 saturated carbocycles. The van der Waals surface area contributed by atoms with Gasteiger partial charge in [0.05, 0.1) is 0 Å². The molecule has 2 fully saturated rings. The van der Waals surface area contributed by atoms with Crippen molar-refractivity contribution in [2.45, 2.75) is 58.4 Å². The predicted octanol–water partition coefficient (Wildman–Crippen LogP) is 3.30. The van der Waals surface area contributed by atoms with E-state index in [4.69, 9.17) is 0 Å². The minimum atomic E-state index is 0.535. The van der Waals surface area contributed by atoms with E-state index >= 15 is 0 Å². The minimum Gasteiger partial charge on any atom is -0.298 e. The third kappa shape index (κ3) is 1.98. The van der Waals surface area contributed by atoms with Gasteiger partial charge in [-0.1, -0.05) is 13.8 Å². The molecule has 2 aliphatic rings. The Kier molecular flexibility index (Phi) is 2.88. The summed E-state index contributed by atoms with van der Waals surface area (Å²) in [5.41, 5.74) is 0.535. The fraction of sp³-hybridized carbons (Fsp3) is 1.00. The number of hydrogen-bond donors (Lipinski definition) is 0. The molecule has 3 atom stereocenters. The molecule has 82 valence electrons. The van der Waals surface area contributed by atoms with Gasteiger partial charge < -0.3 is 0 Å². The molecule has 0 aromatic heterocycles. The molecular weight excluding hydrogens is 170 g/mol. The molecule has 0 radical (unpaired) electrons. The van der Waals surface area contributed by atoms with Crippen LogP contribution in [0.4, 0.5) is 0 Å². The average Bonchev–Trinajstić information content (AvgIpc) is 2.52.